The van der Waals surface area contributed by atoms with Crippen LogP contribution in [0.2, 0.25) is 0 Å². The van der Waals surface area contributed by atoms with Crippen LogP contribution in [0.5, 0.6) is 0 Å². The average Bonchev–Trinajstić information content (AvgIpc) is 2.30. The molecular formula is C6H5BrFN3OS. The van der Waals surface area contributed by atoms with Crippen LogP contribution in [-0.2, 0) is 0 Å². The highest BCUT2D eigenvalue weighted by atomic mass is 79.9. The van der Waals surface area contributed by atoms with Gasteiger partial charge >= 0.3 is 0 Å². The molecule has 0 saturated carbocycles. The number of anilines is 1. The zero-order valence-electron chi connectivity index (χ0n) is 6.20. The molecule has 0 bridgehead atoms. The van der Waals surface area contributed by atoms with E-state index >= 15 is 0 Å². The number of nitrogen functional groups attached to an aromatic ring is 1. The second-order valence-electron chi connectivity index (χ2n) is 2.21. The number of H-pyrrole nitrogens is 1. The third kappa shape index (κ3) is 1.70. The molecule has 3 N–H and O–H groups in total. The number of aromatic nitrogens is 2. The molecule has 2 aromatic rings. The summed E-state index contributed by atoms with van der Waals surface area (Å²) in [4.78, 5) is 17.4. The second kappa shape index (κ2) is 3.43. The van der Waals surface area contributed by atoms with Crippen LogP contribution in [0.25, 0.3) is 10.3 Å². The number of fused-ring (bicyclic) bond motifs is 1. The molecule has 0 amide bonds. The quantitative estimate of drug-likeness (QED) is 0.754. The number of nitrogens with zero attached hydrogens (tertiary/aromatic N) is 1. The van der Waals surface area contributed by atoms with Crippen LogP contribution < -0.4 is 11.3 Å². The Labute approximate surface area is 86.4 Å². The lowest BCUT2D eigenvalue weighted by atomic mass is 10.4. The molecule has 0 aromatic carbocycles. The summed E-state index contributed by atoms with van der Waals surface area (Å²) in [6.07, 6.45) is 0. The Hall–Kier alpha value is -0.950. The van der Waals surface area contributed by atoms with Gasteiger partial charge in [-0.3, -0.25) is 4.79 Å². The van der Waals surface area contributed by atoms with Crippen molar-refractivity contribution in [1.29, 1.82) is 0 Å². The number of nitrogens with one attached hydrogen (secondary N) is 1. The topological polar surface area (TPSA) is 71.8 Å². The molecule has 0 unspecified atom stereocenters. The number of aromatic amines is 1. The maximum absolute atomic E-state index is 12.6. The van der Waals surface area contributed by atoms with Crippen molar-refractivity contribution in [1.82, 2.24) is 9.97 Å². The van der Waals surface area contributed by atoms with Gasteiger partial charge in [-0.15, -0.1) is 17.0 Å². The van der Waals surface area contributed by atoms with Gasteiger partial charge in [-0.2, -0.15) is 0 Å². The summed E-state index contributed by atoms with van der Waals surface area (Å²) in [6, 6.07) is 1.07. The Bertz CT molecular complexity index is 494. The number of nitrogens with two attached hydrogens (primary N) is 1. The lowest BCUT2D eigenvalue weighted by Crippen LogP contribution is -2.08. The highest BCUT2D eigenvalue weighted by Gasteiger charge is 2.05. The third-order valence-corrected chi connectivity index (χ3v) is 2.19. The SMILES string of the molecule is Br.Nc1nc2cc(F)c(=O)[nH]c2s1. The summed E-state index contributed by atoms with van der Waals surface area (Å²) in [5.41, 5.74) is 4.99. The van der Waals surface area contributed by atoms with Crippen LogP contribution in [0.4, 0.5) is 9.52 Å². The van der Waals surface area contributed by atoms with Crippen LogP contribution in [0.1, 0.15) is 0 Å². The van der Waals surface area contributed by atoms with Gasteiger partial charge in [-0.05, 0) is 0 Å². The van der Waals surface area contributed by atoms with E-state index in [2.05, 4.69) is 9.97 Å². The summed E-state index contributed by atoms with van der Waals surface area (Å²) >= 11 is 1.12. The van der Waals surface area contributed by atoms with Gasteiger partial charge in [0, 0.05) is 6.07 Å². The molecule has 70 valence electrons. The van der Waals surface area contributed by atoms with Crippen molar-refractivity contribution in [2.45, 2.75) is 0 Å². The van der Waals surface area contributed by atoms with Crippen LogP contribution in [-0.4, -0.2) is 9.97 Å². The van der Waals surface area contributed by atoms with Gasteiger partial charge in [0.1, 0.15) is 10.3 Å². The van der Waals surface area contributed by atoms with E-state index in [0.717, 1.165) is 17.4 Å². The molecule has 0 aliphatic carbocycles. The van der Waals surface area contributed by atoms with Gasteiger partial charge in [0.2, 0.25) is 0 Å². The summed E-state index contributed by atoms with van der Waals surface area (Å²) in [6.45, 7) is 0. The van der Waals surface area contributed by atoms with E-state index in [-0.39, 0.29) is 17.0 Å². The predicted molar refractivity (Wildman–Crippen MR) is 54.9 cm³/mol. The van der Waals surface area contributed by atoms with E-state index in [9.17, 15) is 9.18 Å². The molecule has 4 nitrogen and oxygen atoms in total. The Kier molecular flexibility index (Phi) is 2.67. The van der Waals surface area contributed by atoms with Crippen LogP contribution in [0.3, 0.4) is 0 Å². The largest absolute Gasteiger partial charge is 0.375 e. The summed E-state index contributed by atoms with van der Waals surface area (Å²) in [7, 11) is 0. The van der Waals surface area contributed by atoms with Gasteiger partial charge in [0.25, 0.3) is 5.56 Å². The van der Waals surface area contributed by atoms with E-state index in [4.69, 9.17) is 5.73 Å². The summed E-state index contributed by atoms with van der Waals surface area (Å²) in [5, 5.41) is 0.311. The molecule has 13 heavy (non-hydrogen) atoms. The van der Waals surface area contributed by atoms with Crippen molar-refractivity contribution in [3.8, 4) is 0 Å². The van der Waals surface area contributed by atoms with Gasteiger partial charge in [-0.25, -0.2) is 9.37 Å². The Morgan fingerprint density at radius 1 is 1.62 bits per heavy atom. The number of pyridine rings is 1. The van der Waals surface area contributed by atoms with Gasteiger partial charge in [0.05, 0.1) is 0 Å². The number of hydrogen-bond donors (Lipinski definition) is 2. The van der Waals surface area contributed by atoms with Crippen molar-refractivity contribution in [2.75, 3.05) is 5.73 Å². The van der Waals surface area contributed by atoms with Crippen molar-refractivity contribution < 1.29 is 4.39 Å². The van der Waals surface area contributed by atoms with Crippen LogP contribution in [0, 0.1) is 5.82 Å². The Morgan fingerprint density at radius 3 is 3.00 bits per heavy atom. The van der Waals surface area contributed by atoms with E-state index in [1.165, 1.54) is 0 Å². The molecule has 0 radical (unpaired) electrons. The van der Waals surface area contributed by atoms with E-state index in [0.29, 0.717) is 15.5 Å². The molecule has 7 heteroatoms. The normalized spacial score (nSPS) is 9.92. The molecular weight excluding hydrogens is 261 g/mol. The fraction of sp³-hybridized carbons (Fsp3) is 0. The minimum absolute atomic E-state index is 0. The van der Waals surface area contributed by atoms with Crippen molar-refractivity contribution in [3.63, 3.8) is 0 Å². The lowest BCUT2D eigenvalue weighted by Gasteiger charge is -1.86. The first-order valence-electron chi connectivity index (χ1n) is 3.11. The van der Waals surface area contributed by atoms with E-state index < -0.39 is 11.4 Å². The standard InChI is InChI=1S/C6H4FN3OS.BrH/c7-2-1-3-5(10-4(2)11)12-6(8)9-3;/h1H,(H2,8,9)(H,10,11);1H. The molecule has 0 atom stereocenters. The Morgan fingerprint density at radius 2 is 2.31 bits per heavy atom. The van der Waals surface area contributed by atoms with Crippen molar-refractivity contribution >= 4 is 43.8 Å². The first-order chi connectivity index (χ1) is 5.66. The number of halogens is 2. The van der Waals surface area contributed by atoms with Gasteiger partial charge in [-0.1, -0.05) is 11.3 Å². The zero-order valence-corrected chi connectivity index (χ0v) is 8.73. The first-order valence-corrected chi connectivity index (χ1v) is 3.93. The van der Waals surface area contributed by atoms with Crippen molar-refractivity contribution in [3.05, 3.63) is 22.2 Å². The average molecular weight is 266 g/mol. The maximum atomic E-state index is 12.6. The lowest BCUT2D eigenvalue weighted by molar-refractivity contribution is 0.612. The third-order valence-electron chi connectivity index (χ3n) is 1.38. The monoisotopic (exact) mass is 265 g/mol. The molecule has 0 fully saturated rings. The molecule has 0 spiro atoms. The van der Waals surface area contributed by atoms with Crippen LogP contribution in [0.15, 0.2) is 10.9 Å². The highest BCUT2D eigenvalue weighted by Crippen LogP contribution is 2.19. The molecule has 0 aliphatic heterocycles. The van der Waals surface area contributed by atoms with Gasteiger partial charge in [0.15, 0.2) is 10.9 Å². The molecule has 2 rings (SSSR count). The predicted octanol–water partition coefficient (Wildman–Crippen LogP) is 1.28. The minimum atomic E-state index is -0.840. The molecule has 2 aromatic heterocycles. The summed E-state index contributed by atoms with van der Waals surface area (Å²) in [5.74, 6) is -0.840. The van der Waals surface area contributed by atoms with Crippen LogP contribution >= 0.6 is 28.3 Å². The number of hydrogen-bond acceptors (Lipinski definition) is 4. The summed E-state index contributed by atoms with van der Waals surface area (Å²) < 4.78 is 12.6. The fourth-order valence-corrected chi connectivity index (χ4v) is 1.59. The Balaban J connectivity index is 0.000000845. The smallest absolute Gasteiger partial charge is 0.285 e. The minimum Gasteiger partial charge on any atom is -0.375 e. The molecule has 2 heterocycles. The van der Waals surface area contributed by atoms with Crippen molar-refractivity contribution in [2.24, 2.45) is 0 Å². The number of rotatable bonds is 0. The number of thiazole rings is 1. The maximum Gasteiger partial charge on any atom is 0.285 e. The molecule has 0 saturated heterocycles. The van der Waals surface area contributed by atoms with E-state index in [1.54, 1.807) is 0 Å². The second-order valence-corrected chi connectivity index (χ2v) is 3.24. The van der Waals surface area contributed by atoms with E-state index in [1.807, 2.05) is 0 Å². The van der Waals surface area contributed by atoms with Gasteiger partial charge < -0.3 is 10.7 Å². The zero-order chi connectivity index (χ0) is 8.72. The fourth-order valence-electron chi connectivity index (χ4n) is 0.885. The molecule has 0 aliphatic rings. The highest BCUT2D eigenvalue weighted by molar-refractivity contribution is 8.93. The first kappa shape index (κ1) is 10.1.